The van der Waals surface area contributed by atoms with Gasteiger partial charge < -0.3 is 22.4 Å². The molecule has 1 aromatic rings. The number of hydrogen-bond acceptors (Lipinski definition) is 2. The van der Waals surface area contributed by atoms with E-state index in [0.29, 0.717) is 6.42 Å². The van der Waals surface area contributed by atoms with Crippen molar-refractivity contribution in [1.29, 1.82) is 0 Å². The van der Waals surface area contributed by atoms with Gasteiger partial charge in [0.1, 0.15) is 6.10 Å². The molecule has 0 radical (unpaired) electrons. The predicted octanol–water partition coefficient (Wildman–Crippen LogP) is 0.0814. The second kappa shape index (κ2) is 8.20. The molecule has 2 rings (SSSR count). The summed E-state index contributed by atoms with van der Waals surface area (Å²) in [5.41, 5.74) is -0.651. The van der Waals surface area contributed by atoms with Gasteiger partial charge in [0.05, 0.1) is 11.9 Å². The maximum Gasteiger partial charge on any atom is 1.00 e. The Bertz CT molecular complexity index is 428. The van der Waals surface area contributed by atoms with Gasteiger partial charge in [-0.1, -0.05) is 23.7 Å². The van der Waals surface area contributed by atoms with Crippen LogP contribution >= 0.6 is 0 Å². The first-order chi connectivity index (χ1) is 9.00. The Hall–Kier alpha value is 0.471. The van der Waals surface area contributed by atoms with Crippen LogP contribution in [0.4, 0.5) is 12.9 Å². The monoisotopic (exact) mass is 312 g/mol. The zero-order chi connectivity index (χ0) is 13.9. The second-order valence-electron chi connectivity index (χ2n) is 4.88. The minimum Gasteiger partial charge on any atom is -0.493 e. The molecule has 106 valence electrons. The van der Waals surface area contributed by atoms with Crippen LogP contribution in [0.1, 0.15) is 25.7 Å². The molecule has 0 heterocycles. The molecule has 0 aliphatic heterocycles. The van der Waals surface area contributed by atoms with E-state index in [1.165, 1.54) is 12.1 Å². The van der Waals surface area contributed by atoms with Crippen molar-refractivity contribution in [2.75, 3.05) is 7.11 Å². The van der Waals surface area contributed by atoms with Crippen LogP contribution in [0, 0.1) is 0 Å². The number of ether oxygens (including phenoxy) is 2. The smallest absolute Gasteiger partial charge is 0.493 e. The van der Waals surface area contributed by atoms with Crippen LogP contribution < -0.4 is 61.6 Å². The molecule has 1 saturated carbocycles. The number of hydrogen-bond donors (Lipinski definition) is 0. The fraction of sp³-hybridized carbons (Fsp3) is 0.538. The summed E-state index contributed by atoms with van der Waals surface area (Å²) in [5.74, 6) is -0.0586. The van der Waals surface area contributed by atoms with Gasteiger partial charge in [0.25, 0.3) is 0 Å². The molecule has 0 N–H and O–H groups in total. The largest absolute Gasteiger partial charge is 1.00 e. The first-order valence-electron chi connectivity index (χ1n) is 6.49. The van der Waals surface area contributed by atoms with Gasteiger partial charge in [0.2, 0.25) is 0 Å². The molecule has 0 saturated heterocycles. The van der Waals surface area contributed by atoms with Crippen LogP contribution in [0.2, 0.25) is 0 Å². The van der Waals surface area contributed by atoms with Gasteiger partial charge in [-0.05, 0) is 25.3 Å². The number of methoxy groups -OCH3 is 1. The van der Waals surface area contributed by atoms with Gasteiger partial charge >= 0.3 is 58.4 Å². The Morgan fingerprint density at radius 3 is 2.40 bits per heavy atom. The van der Waals surface area contributed by atoms with Crippen LogP contribution in [0.3, 0.4) is 0 Å². The van der Waals surface area contributed by atoms with E-state index in [4.69, 9.17) is 9.47 Å². The number of benzene rings is 1. The third kappa shape index (κ3) is 5.03. The Morgan fingerprint density at radius 2 is 1.75 bits per heavy atom. The summed E-state index contributed by atoms with van der Waals surface area (Å²) in [6, 6.07) is 5.42. The van der Waals surface area contributed by atoms with Gasteiger partial charge in [0, 0.05) is 13.5 Å². The van der Waals surface area contributed by atoms with Gasteiger partial charge in [-0.15, -0.1) is 0 Å². The predicted molar refractivity (Wildman–Crippen MR) is 68.8 cm³/mol. The number of para-hydroxylation sites is 1. The zero-order valence-corrected chi connectivity index (χ0v) is 14.9. The van der Waals surface area contributed by atoms with Crippen LogP contribution in [-0.2, 0) is 4.74 Å². The number of halogens is 3. The molecule has 7 heteroatoms. The average molecular weight is 312 g/mol. The van der Waals surface area contributed by atoms with Crippen molar-refractivity contribution >= 4 is 12.4 Å². The molecular weight excluding hydrogens is 295 g/mol. The third-order valence-electron chi connectivity index (χ3n) is 3.48. The minimum atomic E-state index is -5.04. The fourth-order valence-electron chi connectivity index (χ4n) is 2.46. The summed E-state index contributed by atoms with van der Waals surface area (Å²) < 4.78 is 49.5. The van der Waals surface area contributed by atoms with Crippen molar-refractivity contribution in [2.45, 2.75) is 37.9 Å². The molecule has 2 nitrogen and oxygen atoms in total. The van der Waals surface area contributed by atoms with Crippen molar-refractivity contribution in [3.05, 3.63) is 24.3 Å². The molecule has 1 aromatic carbocycles. The molecule has 1 aliphatic rings. The van der Waals surface area contributed by atoms with Gasteiger partial charge in [0.15, 0.2) is 0 Å². The summed E-state index contributed by atoms with van der Waals surface area (Å²) in [4.78, 5) is 0. The molecule has 20 heavy (non-hydrogen) atoms. The fourth-order valence-corrected chi connectivity index (χ4v) is 2.46. The van der Waals surface area contributed by atoms with Crippen molar-refractivity contribution in [2.24, 2.45) is 0 Å². The summed E-state index contributed by atoms with van der Waals surface area (Å²) in [6.07, 6.45) is 3.18. The summed E-state index contributed by atoms with van der Waals surface area (Å²) in [7, 11) is 1.62. The van der Waals surface area contributed by atoms with Crippen molar-refractivity contribution in [3.63, 3.8) is 0 Å². The molecular formula is C13H17BF3KO2. The maximum atomic E-state index is 12.9. The minimum absolute atomic E-state index is 0. The standard InChI is InChI=1S/C13H17BF3O2.K/c1-18-10-5-4-6-11(9-10)19-13-8-3-2-7-12(13)14(15,16)17;/h2-3,7-8,10-11H,4-6,9H2,1H3;/q-1;+1. The molecule has 0 amide bonds. The van der Waals surface area contributed by atoms with Crippen LogP contribution in [0.5, 0.6) is 5.75 Å². The van der Waals surface area contributed by atoms with Crippen molar-refractivity contribution < 1.29 is 73.8 Å². The van der Waals surface area contributed by atoms with E-state index in [0.717, 1.165) is 25.3 Å². The molecule has 0 bridgehead atoms. The molecule has 2 unspecified atom stereocenters. The Morgan fingerprint density at radius 1 is 1.10 bits per heavy atom. The maximum absolute atomic E-state index is 12.9. The second-order valence-corrected chi connectivity index (χ2v) is 4.88. The van der Waals surface area contributed by atoms with Gasteiger partial charge in [-0.2, -0.15) is 0 Å². The molecule has 1 aliphatic carbocycles. The molecule has 2 atom stereocenters. The normalized spacial score (nSPS) is 23.0. The third-order valence-corrected chi connectivity index (χ3v) is 3.48. The quantitative estimate of drug-likeness (QED) is 0.733. The van der Waals surface area contributed by atoms with E-state index in [1.807, 2.05) is 0 Å². The first kappa shape index (κ1) is 18.5. The summed E-state index contributed by atoms with van der Waals surface area (Å²) in [5, 5.41) is 0. The molecule has 0 aromatic heterocycles. The van der Waals surface area contributed by atoms with E-state index >= 15 is 0 Å². The van der Waals surface area contributed by atoms with Crippen LogP contribution in [0.15, 0.2) is 24.3 Å². The van der Waals surface area contributed by atoms with Gasteiger partial charge in [-0.3, -0.25) is 0 Å². The first-order valence-corrected chi connectivity index (χ1v) is 6.49. The average Bonchev–Trinajstić information content (AvgIpc) is 2.38. The van der Waals surface area contributed by atoms with Crippen molar-refractivity contribution in [3.8, 4) is 5.75 Å². The molecule has 1 fully saturated rings. The number of rotatable bonds is 4. The Balaban J connectivity index is 0.00000200. The summed E-state index contributed by atoms with van der Waals surface area (Å²) in [6.45, 7) is -5.04. The van der Waals surface area contributed by atoms with E-state index in [1.54, 1.807) is 13.2 Å². The van der Waals surface area contributed by atoms with Crippen LogP contribution in [0.25, 0.3) is 0 Å². The Labute approximate surface area is 159 Å². The van der Waals surface area contributed by atoms with E-state index in [-0.39, 0.29) is 69.3 Å². The zero-order valence-electron chi connectivity index (χ0n) is 11.8. The van der Waals surface area contributed by atoms with E-state index in [2.05, 4.69) is 0 Å². The van der Waals surface area contributed by atoms with E-state index in [9.17, 15) is 12.9 Å². The molecule has 0 spiro atoms. The van der Waals surface area contributed by atoms with Gasteiger partial charge in [-0.25, -0.2) is 0 Å². The SMILES string of the molecule is COC1CCCC(Oc2ccccc2[B-](F)(F)F)C1.[K+]. The summed E-state index contributed by atoms with van der Waals surface area (Å²) >= 11 is 0. The topological polar surface area (TPSA) is 18.5 Å². The van der Waals surface area contributed by atoms with E-state index < -0.39 is 12.4 Å². The van der Waals surface area contributed by atoms with Crippen LogP contribution in [-0.4, -0.2) is 26.3 Å². The Kier molecular flexibility index (Phi) is 7.59. The van der Waals surface area contributed by atoms with Crippen molar-refractivity contribution in [1.82, 2.24) is 0 Å².